The highest BCUT2D eigenvalue weighted by molar-refractivity contribution is 5.71. The third kappa shape index (κ3) is 57.9. The number of rotatable bonds is 56. The maximum absolute atomic E-state index is 12.9. The zero-order valence-electron chi connectivity index (χ0n) is 47.2. The van der Waals surface area contributed by atoms with Crippen LogP contribution in [0, 0.1) is 0 Å². The van der Waals surface area contributed by atoms with Gasteiger partial charge in [-0.15, -0.1) is 0 Å². The van der Waals surface area contributed by atoms with Crippen molar-refractivity contribution in [3.05, 3.63) is 60.8 Å². The van der Waals surface area contributed by atoms with Crippen molar-refractivity contribution in [2.24, 2.45) is 0 Å². The standard InChI is InChI=1S/C65H116O6/c1-4-7-10-13-16-19-22-25-28-30-31-32-33-35-38-41-44-47-50-53-56-59-65(68)71-62(60-69-63(66)57-54-51-48-45-42-39-36-27-24-21-18-15-12-9-6-3)61-70-64(67)58-55-52-49-46-43-40-37-34-29-26-23-20-17-14-11-8-5-2/h17-18,20-21,25-29,36,62H,4-16,19,22-24,30-35,37-61H2,1-3H3/b20-17-,21-18-,28-25-,29-26-,36-27-/t62-/m0/s1. The maximum Gasteiger partial charge on any atom is 0.306 e. The molecule has 0 heterocycles. The van der Waals surface area contributed by atoms with E-state index >= 15 is 0 Å². The molecule has 0 aromatic heterocycles. The van der Waals surface area contributed by atoms with E-state index < -0.39 is 6.10 Å². The van der Waals surface area contributed by atoms with Crippen LogP contribution < -0.4 is 0 Å². The molecule has 0 aromatic rings. The van der Waals surface area contributed by atoms with Crippen molar-refractivity contribution < 1.29 is 28.6 Å². The van der Waals surface area contributed by atoms with Crippen LogP contribution in [0.2, 0.25) is 0 Å². The van der Waals surface area contributed by atoms with Gasteiger partial charge in [-0.1, -0.05) is 248 Å². The van der Waals surface area contributed by atoms with E-state index in [0.29, 0.717) is 19.3 Å². The maximum atomic E-state index is 12.9. The highest BCUT2D eigenvalue weighted by Gasteiger charge is 2.19. The summed E-state index contributed by atoms with van der Waals surface area (Å²) in [5.41, 5.74) is 0. The average Bonchev–Trinajstić information content (AvgIpc) is 3.37. The molecule has 0 amide bonds. The number of hydrogen-bond acceptors (Lipinski definition) is 6. The van der Waals surface area contributed by atoms with Crippen LogP contribution in [0.1, 0.15) is 316 Å². The van der Waals surface area contributed by atoms with Gasteiger partial charge in [0, 0.05) is 19.3 Å². The van der Waals surface area contributed by atoms with Gasteiger partial charge in [-0.2, -0.15) is 0 Å². The third-order valence-corrected chi connectivity index (χ3v) is 13.5. The van der Waals surface area contributed by atoms with Crippen LogP contribution >= 0.6 is 0 Å². The van der Waals surface area contributed by atoms with Gasteiger partial charge in [0.05, 0.1) is 0 Å². The van der Waals surface area contributed by atoms with Crippen molar-refractivity contribution in [2.75, 3.05) is 13.2 Å². The molecule has 0 N–H and O–H groups in total. The van der Waals surface area contributed by atoms with Crippen molar-refractivity contribution in [3.63, 3.8) is 0 Å². The van der Waals surface area contributed by atoms with Gasteiger partial charge in [-0.05, 0) is 109 Å². The highest BCUT2D eigenvalue weighted by atomic mass is 16.6. The number of unbranched alkanes of at least 4 members (excludes halogenated alkanes) is 35. The zero-order chi connectivity index (χ0) is 51.4. The number of hydrogen-bond donors (Lipinski definition) is 0. The minimum absolute atomic E-state index is 0.0818. The summed E-state index contributed by atoms with van der Waals surface area (Å²) in [5, 5.41) is 0. The lowest BCUT2D eigenvalue weighted by atomic mass is 10.0. The van der Waals surface area contributed by atoms with Crippen molar-refractivity contribution >= 4 is 17.9 Å². The first-order valence-electron chi connectivity index (χ1n) is 30.8. The minimum atomic E-state index is -0.784. The summed E-state index contributed by atoms with van der Waals surface area (Å²) in [6.07, 6.45) is 75.0. The summed E-state index contributed by atoms with van der Waals surface area (Å²) < 4.78 is 16.9. The highest BCUT2D eigenvalue weighted by Crippen LogP contribution is 2.16. The molecule has 0 fully saturated rings. The molecule has 0 aromatic carbocycles. The van der Waals surface area contributed by atoms with Crippen LogP contribution in [0.3, 0.4) is 0 Å². The van der Waals surface area contributed by atoms with Crippen molar-refractivity contribution in [3.8, 4) is 0 Å². The third-order valence-electron chi connectivity index (χ3n) is 13.5. The second-order valence-corrected chi connectivity index (χ2v) is 20.6. The number of carbonyl (C=O) groups is 3. The van der Waals surface area contributed by atoms with Crippen molar-refractivity contribution in [1.82, 2.24) is 0 Å². The van der Waals surface area contributed by atoms with Gasteiger partial charge in [-0.3, -0.25) is 14.4 Å². The summed E-state index contributed by atoms with van der Waals surface area (Å²) in [6, 6.07) is 0. The molecule has 0 aliphatic heterocycles. The summed E-state index contributed by atoms with van der Waals surface area (Å²) in [7, 11) is 0. The van der Waals surface area contributed by atoms with Crippen molar-refractivity contribution in [2.45, 2.75) is 322 Å². The molecule has 0 aliphatic rings. The summed E-state index contributed by atoms with van der Waals surface area (Å²) in [4.78, 5) is 38.3. The van der Waals surface area contributed by atoms with Gasteiger partial charge in [0.15, 0.2) is 6.10 Å². The van der Waals surface area contributed by atoms with E-state index in [1.807, 2.05) is 0 Å². The Kier molecular flexibility index (Phi) is 57.2. The van der Waals surface area contributed by atoms with Gasteiger partial charge in [0.1, 0.15) is 13.2 Å². The molecule has 0 rings (SSSR count). The van der Waals surface area contributed by atoms with Crippen LogP contribution in [0.5, 0.6) is 0 Å². The molecule has 0 aliphatic carbocycles. The largest absolute Gasteiger partial charge is 0.462 e. The molecule has 0 spiro atoms. The zero-order valence-corrected chi connectivity index (χ0v) is 47.2. The van der Waals surface area contributed by atoms with Crippen LogP contribution in [0.4, 0.5) is 0 Å². The summed E-state index contributed by atoms with van der Waals surface area (Å²) in [5.74, 6) is -0.889. The molecular formula is C65H116O6. The Morgan fingerprint density at radius 1 is 0.282 bits per heavy atom. The van der Waals surface area contributed by atoms with Gasteiger partial charge in [0.2, 0.25) is 0 Å². The Morgan fingerprint density at radius 2 is 0.507 bits per heavy atom. The van der Waals surface area contributed by atoms with Crippen molar-refractivity contribution in [1.29, 1.82) is 0 Å². The summed E-state index contributed by atoms with van der Waals surface area (Å²) >= 11 is 0. The Balaban J connectivity index is 4.37. The molecule has 0 radical (unpaired) electrons. The average molecular weight is 994 g/mol. The molecule has 0 saturated carbocycles. The number of allylic oxidation sites excluding steroid dienone is 10. The fourth-order valence-corrected chi connectivity index (χ4v) is 8.79. The lowest BCUT2D eigenvalue weighted by Gasteiger charge is -2.18. The van der Waals surface area contributed by atoms with E-state index in [4.69, 9.17) is 14.2 Å². The van der Waals surface area contributed by atoms with Gasteiger partial charge >= 0.3 is 17.9 Å². The molecule has 0 unspecified atom stereocenters. The van der Waals surface area contributed by atoms with Crippen LogP contribution in [0.15, 0.2) is 60.8 Å². The quantitative estimate of drug-likeness (QED) is 0.0261. The fraction of sp³-hybridized carbons (Fsp3) is 0.800. The smallest absolute Gasteiger partial charge is 0.306 e. The molecule has 0 saturated heterocycles. The molecule has 71 heavy (non-hydrogen) atoms. The Morgan fingerprint density at radius 3 is 0.817 bits per heavy atom. The SMILES string of the molecule is CCCCC/C=C\C/C=C\CCCCCCCCCC(=O)OC[C@H](COC(=O)CCCCCCC/C=C\C/C=C\CCCCC)OC(=O)CCCCCCCCCCCCC/C=C\CCCCCCCC. The summed E-state index contributed by atoms with van der Waals surface area (Å²) in [6.45, 7) is 6.60. The van der Waals surface area contributed by atoms with Crippen LogP contribution in [-0.2, 0) is 28.6 Å². The second-order valence-electron chi connectivity index (χ2n) is 20.6. The number of ether oxygens (including phenoxy) is 3. The van der Waals surface area contributed by atoms with Crippen LogP contribution in [0.25, 0.3) is 0 Å². The first-order valence-corrected chi connectivity index (χ1v) is 30.8. The lowest BCUT2D eigenvalue weighted by Crippen LogP contribution is -2.30. The van der Waals surface area contributed by atoms with Gasteiger partial charge < -0.3 is 14.2 Å². The molecule has 412 valence electrons. The van der Waals surface area contributed by atoms with Gasteiger partial charge in [-0.25, -0.2) is 0 Å². The first-order chi connectivity index (χ1) is 35.0. The van der Waals surface area contributed by atoms with E-state index in [1.165, 1.54) is 186 Å². The minimum Gasteiger partial charge on any atom is -0.462 e. The van der Waals surface area contributed by atoms with Gasteiger partial charge in [0.25, 0.3) is 0 Å². The molecule has 0 bridgehead atoms. The van der Waals surface area contributed by atoms with E-state index in [0.717, 1.165) is 89.9 Å². The van der Waals surface area contributed by atoms with E-state index in [-0.39, 0.29) is 31.1 Å². The molecule has 6 nitrogen and oxygen atoms in total. The lowest BCUT2D eigenvalue weighted by molar-refractivity contribution is -0.167. The predicted octanol–water partition coefficient (Wildman–Crippen LogP) is 20.8. The second kappa shape index (κ2) is 59.7. The van der Waals surface area contributed by atoms with E-state index in [2.05, 4.69) is 81.5 Å². The first kappa shape index (κ1) is 68.1. The number of esters is 3. The Bertz CT molecular complexity index is 1280. The normalized spacial score (nSPS) is 12.4. The molecular weight excluding hydrogens is 877 g/mol. The molecule has 6 heteroatoms. The topological polar surface area (TPSA) is 78.9 Å². The Hall–Kier alpha value is -2.89. The monoisotopic (exact) mass is 993 g/mol. The van der Waals surface area contributed by atoms with E-state index in [1.54, 1.807) is 0 Å². The fourth-order valence-electron chi connectivity index (χ4n) is 8.79. The predicted molar refractivity (Wildman–Crippen MR) is 307 cm³/mol. The van der Waals surface area contributed by atoms with E-state index in [9.17, 15) is 14.4 Å². The number of carbonyl (C=O) groups excluding carboxylic acids is 3. The van der Waals surface area contributed by atoms with Crippen LogP contribution in [-0.4, -0.2) is 37.2 Å². The molecule has 1 atom stereocenters. The Labute approximate surface area is 440 Å².